The first kappa shape index (κ1) is 13.1. The smallest absolute Gasteiger partial charge is 0.320 e. The van der Waals surface area contributed by atoms with Crippen molar-refractivity contribution in [2.24, 2.45) is 11.1 Å². The quantitative estimate of drug-likeness (QED) is 0.637. The van der Waals surface area contributed by atoms with Gasteiger partial charge in [-0.2, -0.15) is 0 Å². The fraction of sp³-hybridized carbons (Fsp3) is 1.00. The van der Waals surface area contributed by atoms with Crippen molar-refractivity contribution in [3.8, 4) is 0 Å². The number of hydrogen-bond donors (Lipinski definition) is 1. The van der Waals surface area contributed by atoms with Gasteiger partial charge in [0.15, 0.2) is 0 Å². The fourth-order valence-corrected chi connectivity index (χ4v) is 2.38. The van der Waals surface area contributed by atoms with Crippen LogP contribution in [0.25, 0.3) is 0 Å². The van der Waals surface area contributed by atoms with E-state index in [1.165, 1.54) is 0 Å². The van der Waals surface area contributed by atoms with Crippen LogP contribution in [0.2, 0.25) is 6.04 Å². The van der Waals surface area contributed by atoms with Gasteiger partial charge in [0, 0.05) is 14.2 Å². The third kappa shape index (κ3) is 6.21. The Morgan fingerprint density at radius 2 is 1.77 bits per heavy atom. The third-order valence-electron chi connectivity index (χ3n) is 2.37. The topological polar surface area (TPSA) is 44.5 Å². The molecule has 0 aliphatic heterocycles. The molecule has 0 unspecified atom stereocenters. The van der Waals surface area contributed by atoms with E-state index in [0.29, 0.717) is 0 Å². The van der Waals surface area contributed by atoms with Gasteiger partial charge in [-0.15, -0.1) is 0 Å². The summed E-state index contributed by atoms with van der Waals surface area (Å²) in [5.74, 6) is 0. The second-order valence-electron chi connectivity index (χ2n) is 4.16. The molecule has 0 aromatic heterocycles. The highest BCUT2D eigenvalue weighted by Gasteiger charge is 2.17. The van der Waals surface area contributed by atoms with Crippen LogP contribution in [0.1, 0.15) is 26.7 Å². The van der Waals surface area contributed by atoms with Gasteiger partial charge in [0.25, 0.3) is 0 Å². The lowest BCUT2D eigenvalue weighted by Gasteiger charge is -2.22. The minimum atomic E-state index is -1.33. The van der Waals surface area contributed by atoms with Crippen molar-refractivity contribution in [3.05, 3.63) is 0 Å². The van der Waals surface area contributed by atoms with Gasteiger partial charge in [-0.3, -0.25) is 0 Å². The lowest BCUT2D eigenvalue weighted by molar-refractivity contribution is 0.270. The molecular weight excluding hydrogens is 182 g/mol. The molecule has 0 atom stereocenters. The molecule has 0 heterocycles. The minimum absolute atomic E-state index is 0.264. The van der Waals surface area contributed by atoms with E-state index in [9.17, 15) is 0 Å². The lowest BCUT2D eigenvalue weighted by Crippen LogP contribution is -2.25. The molecule has 0 aliphatic carbocycles. The second-order valence-corrected chi connectivity index (χ2v) is 6.54. The van der Waals surface area contributed by atoms with Gasteiger partial charge in [0.05, 0.1) is 0 Å². The summed E-state index contributed by atoms with van der Waals surface area (Å²) in [5.41, 5.74) is 5.90. The van der Waals surface area contributed by atoms with Crippen molar-refractivity contribution in [3.63, 3.8) is 0 Å². The zero-order valence-electron chi connectivity index (χ0n) is 9.30. The van der Waals surface area contributed by atoms with Crippen LogP contribution in [0.15, 0.2) is 0 Å². The Kier molecular flexibility index (Phi) is 6.58. The van der Waals surface area contributed by atoms with E-state index in [0.717, 1.165) is 25.4 Å². The first-order valence-electron chi connectivity index (χ1n) is 4.81. The number of hydrogen-bond acceptors (Lipinski definition) is 3. The average molecular weight is 205 g/mol. The summed E-state index contributed by atoms with van der Waals surface area (Å²) in [6, 6.07) is 1.08. The van der Waals surface area contributed by atoms with E-state index in [1.54, 1.807) is 14.2 Å². The predicted octanol–water partition coefficient (Wildman–Crippen LogP) is 1.26. The second kappa shape index (κ2) is 6.54. The summed E-state index contributed by atoms with van der Waals surface area (Å²) in [5, 5.41) is 0. The molecule has 0 fully saturated rings. The standard InChI is InChI=1S/C9H23NO2Si/c1-9(2,8-10)6-5-7-13(11-3)12-4/h13H,5-8,10H2,1-4H3. The maximum atomic E-state index is 5.64. The molecule has 0 bridgehead atoms. The van der Waals surface area contributed by atoms with Crippen LogP contribution in [0.4, 0.5) is 0 Å². The van der Waals surface area contributed by atoms with Gasteiger partial charge >= 0.3 is 9.28 Å². The molecule has 0 aromatic carbocycles. The largest absolute Gasteiger partial charge is 0.400 e. The zero-order chi connectivity index (χ0) is 10.3. The average Bonchev–Trinajstić information content (AvgIpc) is 2.12. The molecule has 13 heavy (non-hydrogen) atoms. The van der Waals surface area contributed by atoms with Gasteiger partial charge in [0.2, 0.25) is 0 Å². The molecule has 0 saturated heterocycles. The molecule has 0 rings (SSSR count). The van der Waals surface area contributed by atoms with Gasteiger partial charge in [-0.05, 0) is 24.4 Å². The highest BCUT2D eigenvalue weighted by atomic mass is 28.3. The Bertz CT molecular complexity index is 127. The molecule has 0 spiro atoms. The van der Waals surface area contributed by atoms with Gasteiger partial charge in [-0.25, -0.2) is 0 Å². The van der Waals surface area contributed by atoms with Crippen molar-refractivity contribution in [2.75, 3.05) is 20.8 Å². The van der Waals surface area contributed by atoms with Crippen molar-refractivity contribution in [2.45, 2.75) is 32.7 Å². The highest BCUT2D eigenvalue weighted by Crippen LogP contribution is 2.22. The highest BCUT2D eigenvalue weighted by molar-refractivity contribution is 6.44. The monoisotopic (exact) mass is 205 g/mol. The first-order chi connectivity index (χ1) is 6.05. The van der Waals surface area contributed by atoms with Crippen molar-refractivity contribution >= 4 is 9.28 Å². The minimum Gasteiger partial charge on any atom is -0.400 e. The molecule has 0 radical (unpaired) electrons. The van der Waals surface area contributed by atoms with E-state index in [1.807, 2.05) is 0 Å². The van der Waals surface area contributed by atoms with E-state index >= 15 is 0 Å². The normalized spacial score (nSPS) is 12.5. The zero-order valence-corrected chi connectivity index (χ0v) is 10.5. The summed E-state index contributed by atoms with van der Waals surface area (Å²) in [4.78, 5) is 0. The summed E-state index contributed by atoms with van der Waals surface area (Å²) in [6.07, 6.45) is 2.31. The van der Waals surface area contributed by atoms with Gasteiger partial charge in [-0.1, -0.05) is 20.3 Å². The Labute approximate surface area is 83.5 Å². The van der Waals surface area contributed by atoms with Crippen LogP contribution in [0.5, 0.6) is 0 Å². The van der Waals surface area contributed by atoms with E-state index < -0.39 is 9.28 Å². The predicted molar refractivity (Wildman–Crippen MR) is 58.0 cm³/mol. The maximum Gasteiger partial charge on any atom is 0.320 e. The number of nitrogens with two attached hydrogens (primary N) is 1. The first-order valence-corrected chi connectivity index (χ1v) is 6.57. The molecule has 0 aromatic rings. The Balaban J connectivity index is 3.54. The number of rotatable bonds is 7. The van der Waals surface area contributed by atoms with Crippen molar-refractivity contribution in [1.82, 2.24) is 0 Å². The van der Waals surface area contributed by atoms with Crippen LogP contribution < -0.4 is 5.73 Å². The van der Waals surface area contributed by atoms with Crippen LogP contribution in [0, 0.1) is 5.41 Å². The molecule has 0 saturated carbocycles. The van der Waals surface area contributed by atoms with Crippen LogP contribution in [-0.4, -0.2) is 30.0 Å². The Morgan fingerprint density at radius 3 is 2.15 bits per heavy atom. The lowest BCUT2D eigenvalue weighted by atomic mass is 9.88. The summed E-state index contributed by atoms with van der Waals surface area (Å²) >= 11 is 0. The van der Waals surface area contributed by atoms with Crippen molar-refractivity contribution < 1.29 is 8.85 Å². The van der Waals surface area contributed by atoms with E-state index in [2.05, 4.69) is 13.8 Å². The molecule has 0 aliphatic rings. The van der Waals surface area contributed by atoms with E-state index in [-0.39, 0.29) is 5.41 Å². The SMILES string of the molecule is CO[SiH](CCCC(C)(C)CN)OC. The van der Waals surface area contributed by atoms with Crippen LogP contribution >= 0.6 is 0 Å². The molecule has 3 nitrogen and oxygen atoms in total. The Morgan fingerprint density at radius 1 is 1.23 bits per heavy atom. The molecular formula is C9H23NO2Si. The molecule has 80 valence electrons. The Hall–Kier alpha value is 0.0969. The summed E-state index contributed by atoms with van der Waals surface area (Å²) in [7, 11) is 2.13. The molecule has 4 heteroatoms. The summed E-state index contributed by atoms with van der Waals surface area (Å²) in [6.45, 7) is 5.14. The fourth-order valence-electron chi connectivity index (χ4n) is 1.18. The van der Waals surface area contributed by atoms with E-state index in [4.69, 9.17) is 14.6 Å². The maximum absolute atomic E-state index is 5.64. The van der Waals surface area contributed by atoms with Crippen LogP contribution in [0.3, 0.4) is 0 Å². The molecule has 2 N–H and O–H groups in total. The molecule has 0 amide bonds. The van der Waals surface area contributed by atoms with Gasteiger partial charge in [0.1, 0.15) is 0 Å². The summed E-state index contributed by atoms with van der Waals surface area (Å²) < 4.78 is 10.5. The van der Waals surface area contributed by atoms with Crippen LogP contribution in [-0.2, 0) is 8.85 Å². The van der Waals surface area contributed by atoms with Gasteiger partial charge < -0.3 is 14.6 Å². The third-order valence-corrected chi connectivity index (χ3v) is 4.30. The van der Waals surface area contributed by atoms with Crippen molar-refractivity contribution in [1.29, 1.82) is 0 Å².